The molecule has 0 saturated heterocycles. The molecule has 20 heavy (non-hydrogen) atoms. The molecule has 0 aliphatic carbocycles. The van der Waals surface area contributed by atoms with E-state index in [-0.39, 0.29) is 6.54 Å². The van der Waals surface area contributed by atoms with E-state index in [0.717, 1.165) is 5.69 Å². The molecule has 0 spiro atoms. The minimum atomic E-state index is -1.08. The third-order valence-corrected chi connectivity index (χ3v) is 2.59. The Kier molecular flexibility index (Phi) is 4.33. The number of imidazole rings is 1. The van der Waals surface area contributed by atoms with E-state index in [1.54, 1.807) is 36.5 Å². The van der Waals surface area contributed by atoms with Crippen molar-refractivity contribution in [1.29, 1.82) is 0 Å². The fourth-order valence-electron chi connectivity index (χ4n) is 1.67. The molecule has 0 aliphatic rings. The predicted octanol–water partition coefficient (Wildman–Crippen LogP) is 1.21. The smallest absolute Gasteiger partial charge is 0.323 e. The zero-order valence-electron chi connectivity index (χ0n) is 10.6. The number of para-hydroxylation sites is 1. The Morgan fingerprint density at radius 2 is 2.05 bits per heavy atom. The van der Waals surface area contributed by atoms with Crippen LogP contribution in [0.1, 0.15) is 5.69 Å². The Bertz CT molecular complexity index is 569. The number of aromatic amines is 1. The average molecular weight is 274 g/mol. The van der Waals surface area contributed by atoms with Crippen LogP contribution in [0.3, 0.4) is 0 Å². The fourth-order valence-corrected chi connectivity index (χ4v) is 1.67. The van der Waals surface area contributed by atoms with Crippen LogP contribution in [0.5, 0.6) is 0 Å². The summed E-state index contributed by atoms with van der Waals surface area (Å²) in [5.41, 5.74) is 1.26. The van der Waals surface area contributed by atoms with E-state index in [1.807, 2.05) is 0 Å². The van der Waals surface area contributed by atoms with Crippen molar-refractivity contribution in [3.63, 3.8) is 0 Å². The molecule has 2 aromatic rings. The van der Waals surface area contributed by atoms with Crippen LogP contribution in [-0.2, 0) is 11.3 Å². The summed E-state index contributed by atoms with van der Waals surface area (Å²) in [6.07, 6.45) is 3.10. The highest BCUT2D eigenvalue weighted by molar-refractivity contribution is 5.96. The summed E-state index contributed by atoms with van der Waals surface area (Å²) in [6, 6.07) is 8.16. The highest BCUT2D eigenvalue weighted by Gasteiger charge is 2.18. The molecular formula is C13H14N4O3. The van der Waals surface area contributed by atoms with Crippen molar-refractivity contribution in [1.82, 2.24) is 15.3 Å². The lowest BCUT2D eigenvalue weighted by Gasteiger charge is -2.21. The van der Waals surface area contributed by atoms with Crippen molar-refractivity contribution in [2.24, 2.45) is 0 Å². The molecule has 7 heteroatoms. The van der Waals surface area contributed by atoms with Crippen molar-refractivity contribution in [3.05, 3.63) is 48.5 Å². The summed E-state index contributed by atoms with van der Waals surface area (Å²) in [5, 5.41) is 11.5. The second kappa shape index (κ2) is 6.37. The highest BCUT2D eigenvalue weighted by Crippen LogP contribution is 2.13. The van der Waals surface area contributed by atoms with Gasteiger partial charge in [0.1, 0.15) is 6.54 Å². The quantitative estimate of drug-likeness (QED) is 0.763. The molecule has 0 saturated carbocycles. The Morgan fingerprint density at radius 3 is 2.65 bits per heavy atom. The summed E-state index contributed by atoms with van der Waals surface area (Å²) in [6.45, 7) is -0.152. The number of hydrogen-bond donors (Lipinski definition) is 3. The summed E-state index contributed by atoms with van der Waals surface area (Å²) >= 11 is 0. The molecule has 7 nitrogen and oxygen atoms in total. The van der Waals surface area contributed by atoms with Gasteiger partial charge in [-0.25, -0.2) is 9.78 Å². The first-order valence-electron chi connectivity index (χ1n) is 5.96. The van der Waals surface area contributed by atoms with Gasteiger partial charge in [-0.1, -0.05) is 18.2 Å². The van der Waals surface area contributed by atoms with Gasteiger partial charge in [-0.3, -0.25) is 9.69 Å². The minimum absolute atomic E-state index is 0.252. The van der Waals surface area contributed by atoms with Crippen LogP contribution in [0.25, 0.3) is 0 Å². The third kappa shape index (κ3) is 3.58. The SMILES string of the molecule is O=C(O)CN(C(=O)NCc1cnc[nH]1)c1ccccc1. The Morgan fingerprint density at radius 1 is 1.30 bits per heavy atom. The zero-order valence-corrected chi connectivity index (χ0v) is 10.6. The van der Waals surface area contributed by atoms with Crippen LogP contribution in [0, 0.1) is 0 Å². The number of carboxylic acids is 1. The molecule has 2 amide bonds. The standard InChI is InChI=1S/C13H14N4O3/c18-12(19)8-17(11-4-2-1-3-5-11)13(20)15-7-10-6-14-9-16-10/h1-6,9H,7-8H2,(H,14,16)(H,15,20)(H,18,19). The number of aromatic nitrogens is 2. The van der Waals surface area contributed by atoms with E-state index in [9.17, 15) is 9.59 Å². The topological polar surface area (TPSA) is 98.3 Å². The number of benzene rings is 1. The second-order valence-electron chi connectivity index (χ2n) is 4.05. The summed E-state index contributed by atoms with van der Waals surface area (Å²) in [7, 11) is 0. The molecule has 0 unspecified atom stereocenters. The van der Waals surface area contributed by atoms with Gasteiger partial charge in [-0.05, 0) is 12.1 Å². The van der Waals surface area contributed by atoms with Gasteiger partial charge < -0.3 is 15.4 Å². The largest absolute Gasteiger partial charge is 0.480 e. The molecule has 3 N–H and O–H groups in total. The number of carbonyl (C=O) groups excluding carboxylic acids is 1. The lowest BCUT2D eigenvalue weighted by molar-refractivity contribution is -0.135. The first-order chi connectivity index (χ1) is 9.66. The van der Waals surface area contributed by atoms with Crippen LogP contribution in [0.4, 0.5) is 10.5 Å². The van der Waals surface area contributed by atoms with Gasteiger partial charge in [0.05, 0.1) is 18.6 Å². The second-order valence-corrected chi connectivity index (χ2v) is 4.05. The van der Waals surface area contributed by atoms with E-state index in [1.165, 1.54) is 11.2 Å². The number of amides is 2. The van der Waals surface area contributed by atoms with Gasteiger partial charge in [-0.2, -0.15) is 0 Å². The molecule has 0 fully saturated rings. The van der Waals surface area contributed by atoms with E-state index in [4.69, 9.17) is 5.11 Å². The number of aliphatic carboxylic acids is 1. The Balaban J connectivity index is 2.06. The van der Waals surface area contributed by atoms with Crippen molar-refractivity contribution in [2.45, 2.75) is 6.54 Å². The first-order valence-corrected chi connectivity index (χ1v) is 5.96. The van der Waals surface area contributed by atoms with Gasteiger partial charge in [-0.15, -0.1) is 0 Å². The van der Waals surface area contributed by atoms with Gasteiger partial charge in [0.25, 0.3) is 0 Å². The molecular weight excluding hydrogens is 260 g/mol. The first kappa shape index (κ1) is 13.6. The van der Waals surface area contributed by atoms with E-state index >= 15 is 0 Å². The maximum atomic E-state index is 12.1. The van der Waals surface area contributed by atoms with Gasteiger partial charge in [0, 0.05) is 11.9 Å². The molecule has 0 atom stereocenters. The maximum Gasteiger partial charge on any atom is 0.323 e. The summed E-state index contributed by atoms with van der Waals surface area (Å²) < 4.78 is 0. The molecule has 1 aromatic heterocycles. The van der Waals surface area contributed by atoms with Crippen LogP contribution < -0.4 is 10.2 Å². The molecule has 1 heterocycles. The lowest BCUT2D eigenvalue weighted by atomic mass is 10.3. The predicted molar refractivity (Wildman–Crippen MR) is 72.2 cm³/mol. The van der Waals surface area contributed by atoms with Crippen LogP contribution >= 0.6 is 0 Å². The number of carbonyl (C=O) groups is 2. The van der Waals surface area contributed by atoms with Gasteiger partial charge >= 0.3 is 12.0 Å². The minimum Gasteiger partial charge on any atom is -0.480 e. The molecule has 104 valence electrons. The normalized spacial score (nSPS) is 10.0. The van der Waals surface area contributed by atoms with Crippen molar-refractivity contribution >= 4 is 17.7 Å². The highest BCUT2D eigenvalue weighted by atomic mass is 16.4. The van der Waals surface area contributed by atoms with E-state index in [2.05, 4.69) is 15.3 Å². The van der Waals surface area contributed by atoms with Gasteiger partial charge in [0.15, 0.2) is 0 Å². The molecule has 0 aliphatic heterocycles. The number of carboxylic acid groups (broad SMARTS) is 1. The maximum absolute atomic E-state index is 12.1. The molecule has 0 bridgehead atoms. The number of nitrogens with one attached hydrogen (secondary N) is 2. The van der Waals surface area contributed by atoms with Crippen LogP contribution in [0.15, 0.2) is 42.9 Å². The molecule has 0 radical (unpaired) electrons. The van der Waals surface area contributed by atoms with E-state index < -0.39 is 18.5 Å². The average Bonchev–Trinajstić information content (AvgIpc) is 2.96. The number of H-pyrrole nitrogens is 1. The summed E-state index contributed by atoms with van der Waals surface area (Å²) in [5.74, 6) is -1.08. The number of rotatable bonds is 5. The number of nitrogens with zero attached hydrogens (tertiary/aromatic N) is 2. The van der Waals surface area contributed by atoms with Crippen molar-refractivity contribution < 1.29 is 14.7 Å². The number of urea groups is 1. The Labute approximate surface area is 115 Å². The lowest BCUT2D eigenvalue weighted by Crippen LogP contribution is -2.42. The third-order valence-electron chi connectivity index (χ3n) is 2.59. The van der Waals surface area contributed by atoms with Crippen LogP contribution in [-0.4, -0.2) is 33.6 Å². The van der Waals surface area contributed by atoms with Gasteiger partial charge in [0.2, 0.25) is 0 Å². The Hall–Kier alpha value is -2.83. The van der Waals surface area contributed by atoms with Crippen molar-refractivity contribution in [2.75, 3.05) is 11.4 Å². The monoisotopic (exact) mass is 274 g/mol. The van der Waals surface area contributed by atoms with Crippen LogP contribution in [0.2, 0.25) is 0 Å². The number of hydrogen-bond acceptors (Lipinski definition) is 3. The number of anilines is 1. The van der Waals surface area contributed by atoms with Crippen molar-refractivity contribution in [3.8, 4) is 0 Å². The summed E-state index contributed by atoms with van der Waals surface area (Å²) in [4.78, 5) is 30.8. The van der Waals surface area contributed by atoms with E-state index in [0.29, 0.717) is 5.69 Å². The zero-order chi connectivity index (χ0) is 14.4. The molecule has 2 rings (SSSR count). The molecule has 1 aromatic carbocycles. The fraction of sp³-hybridized carbons (Fsp3) is 0.154.